The first-order valence-corrected chi connectivity index (χ1v) is 5.14. The van der Waals surface area contributed by atoms with Gasteiger partial charge in [0.1, 0.15) is 0 Å². The van der Waals surface area contributed by atoms with Gasteiger partial charge < -0.3 is 16.2 Å². The summed E-state index contributed by atoms with van der Waals surface area (Å²) < 4.78 is 1.69. The summed E-state index contributed by atoms with van der Waals surface area (Å²) in [4.78, 5) is 21.8. The van der Waals surface area contributed by atoms with Gasteiger partial charge in [-0.25, -0.2) is 0 Å². The maximum atomic E-state index is 11.4. The predicted octanol–water partition coefficient (Wildman–Crippen LogP) is -0.853. The first kappa shape index (κ1) is 13.2. The molecule has 1 unspecified atom stereocenters. The molecule has 7 heteroatoms. The van der Waals surface area contributed by atoms with E-state index in [0.29, 0.717) is 6.54 Å². The fourth-order valence-electron chi connectivity index (χ4n) is 1.31. The van der Waals surface area contributed by atoms with E-state index in [2.05, 4.69) is 10.4 Å². The minimum absolute atomic E-state index is 0.297. The number of hydrogen-bond donors (Lipinski definition) is 3. The largest absolute Gasteiger partial charge is 0.481 e. The van der Waals surface area contributed by atoms with Crippen LogP contribution in [-0.2, 0) is 23.2 Å². The second-order valence-corrected chi connectivity index (χ2v) is 3.80. The fraction of sp³-hybridized carbons (Fsp3) is 0.500. The molecule has 0 bridgehead atoms. The van der Waals surface area contributed by atoms with Crippen molar-refractivity contribution in [2.45, 2.75) is 25.9 Å². The first-order chi connectivity index (χ1) is 7.91. The molecule has 17 heavy (non-hydrogen) atoms. The molecule has 1 atom stereocenters. The van der Waals surface area contributed by atoms with Crippen molar-refractivity contribution in [1.29, 1.82) is 0 Å². The van der Waals surface area contributed by atoms with Crippen LogP contribution in [0.2, 0.25) is 0 Å². The number of hydrogen-bond acceptors (Lipinski definition) is 4. The molecule has 0 saturated heterocycles. The summed E-state index contributed by atoms with van der Waals surface area (Å²) in [6.07, 6.45) is 1.27. The van der Waals surface area contributed by atoms with Crippen molar-refractivity contribution >= 4 is 11.9 Å². The van der Waals surface area contributed by atoms with Crippen LogP contribution in [0.3, 0.4) is 0 Å². The van der Waals surface area contributed by atoms with Gasteiger partial charge in [0, 0.05) is 24.8 Å². The van der Waals surface area contributed by atoms with E-state index in [9.17, 15) is 9.59 Å². The van der Waals surface area contributed by atoms with Crippen LogP contribution in [-0.4, -0.2) is 32.8 Å². The number of rotatable bonds is 5. The average molecular weight is 240 g/mol. The van der Waals surface area contributed by atoms with Gasteiger partial charge in [-0.05, 0) is 6.92 Å². The Morgan fingerprint density at radius 2 is 2.29 bits per heavy atom. The predicted molar refractivity (Wildman–Crippen MR) is 60.0 cm³/mol. The van der Waals surface area contributed by atoms with Crippen LogP contribution in [0, 0.1) is 6.92 Å². The monoisotopic (exact) mass is 240 g/mol. The number of nitrogens with one attached hydrogen (secondary N) is 1. The molecule has 0 aliphatic carbocycles. The van der Waals surface area contributed by atoms with Crippen LogP contribution in [0.4, 0.5) is 0 Å². The molecule has 0 aliphatic rings. The molecule has 1 heterocycles. The summed E-state index contributed by atoms with van der Waals surface area (Å²) in [5.41, 5.74) is 7.23. The lowest BCUT2D eigenvalue weighted by molar-refractivity contribution is -0.139. The Kier molecular flexibility index (Phi) is 4.22. The molecule has 1 rings (SSSR count). The summed E-state index contributed by atoms with van der Waals surface area (Å²) in [6.45, 7) is 2.18. The summed E-state index contributed by atoms with van der Waals surface area (Å²) in [5, 5.41) is 15.1. The van der Waals surface area contributed by atoms with Crippen molar-refractivity contribution in [3.63, 3.8) is 0 Å². The van der Waals surface area contributed by atoms with Crippen molar-refractivity contribution in [1.82, 2.24) is 15.1 Å². The maximum absolute atomic E-state index is 11.4. The second kappa shape index (κ2) is 5.44. The number of carboxylic acids is 1. The van der Waals surface area contributed by atoms with Crippen LogP contribution in [0.25, 0.3) is 0 Å². The molecule has 0 aliphatic heterocycles. The molecule has 1 aromatic heterocycles. The van der Waals surface area contributed by atoms with E-state index in [1.807, 2.05) is 6.92 Å². The first-order valence-electron chi connectivity index (χ1n) is 5.14. The number of carbonyl (C=O) groups is 2. The summed E-state index contributed by atoms with van der Waals surface area (Å²) in [7, 11) is 1.80. The Morgan fingerprint density at radius 3 is 2.76 bits per heavy atom. The van der Waals surface area contributed by atoms with Crippen molar-refractivity contribution in [3.05, 3.63) is 17.5 Å². The third-order valence-corrected chi connectivity index (χ3v) is 2.52. The van der Waals surface area contributed by atoms with Crippen molar-refractivity contribution in [2.75, 3.05) is 0 Å². The Bertz CT molecular complexity index is 427. The Balaban J connectivity index is 2.48. The summed E-state index contributed by atoms with van der Waals surface area (Å²) in [5.74, 6) is -1.57. The molecule has 0 aromatic carbocycles. The topological polar surface area (TPSA) is 110 Å². The standard InChI is InChI=1S/C10H16N4O3/c1-6-7(5-13-14(6)2)4-12-10(17)8(11)3-9(15)16/h5,8H,3-4,11H2,1-2H3,(H,12,17)(H,15,16). The van der Waals surface area contributed by atoms with E-state index in [0.717, 1.165) is 11.3 Å². The lowest BCUT2D eigenvalue weighted by Crippen LogP contribution is -2.41. The number of nitrogens with two attached hydrogens (primary N) is 1. The maximum Gasteiger partial charge on any atom is 0.305 e. The average Bonchev–Trinajstić information content (AvgIpc) is 2.55. The Labute approximate surface area is 98.6 Å². The zero-order valence-corrected chi connectivity index (χ0v) is 9.80. The number of amides is 1. The summed E-state index contributed by atoms with van der Waals surface area (Å²) in [6, 6.07) is -1.02. The van der Waals surface area contributed by atoms with Crippen LogP contribution in [0.5, 0.6) is 0 Å². The molecule has 1 amide bonds. The molecule has 0 fully saturated rings. The number of aryl methyl sites for hydroxylation is 1. The molecular weight excluding hydrogens is 224 g/mol. The van der Waals surface area contributed by atoms with Gasteiger partial charge in [0.2, 0.25) is 5.91 Å². The van der Waals surface area contributed by atoms with Crippen LogP contribution < -0.4 is 11.1 Å². The van der Waals surface area contributed by atoms with Crippen molar-refractivity contribution < 1.29 is 14.7 Å². The number of carbonyl (C=O) groups excluding carboxylic acids is 1. The quantitative estimate of drug-likeness (QED) is 0.620. The van der Waals surface area contributed by atoms with Crippen molar-refractivity contribution in [3.8, 4) is 0 Å². The van der Waals surface area contributed by atoms with E-state index in [1.54, 1.807) is 17.9 Å². The van der Waals surface area contributed by atoms with Gasteiger partial charge in [-0.15, -0.1) is 0 Å². The SMILES string of the molecule is Cc1c(CNC(=O)C(N)CC(=O)O)cnn1C. The highest BCUT2D eigenvalue weighted by Gasteiger charge is 2.17. The molecule has 94 valence electrons. The molecule has 0 radical (unpaired) electrons. The van der Waals surface area contributed by atoms with Gasteiger partial charge in [-0.2, -0.15) is 5.10 Å². The van der Waals surface area contributed by atoms with Gasteiger partial charge in [0.05, 0.1) is 18.7 Å². The minimum Gasteiger partial charge on any atom is -0.481 e. The highest BCUT2D eigenvalue weighted by atomic mass is 16.4. The lowest BCUT2D eigenvalue weighted by atomic mass is 10.2. The normalized spacial score (nSPS) is 12.2. The smallest absolute Gasteiger partial charge is 0.305 e. The number of aliphatic carboxylic acids is 1. The highest BCUT2D eigenvalue weighted by Crippen LogP contribution is 2.04. The lowest BCUT2D eigenvalue weighted by Gasteiger charge is -2.09. The van der Waals surface area contributed by atoms with Gasteiger partial charge in [0.25, 0.3) is 0 Å². The molecule has 1 aromatic rings. The zero-order chi connectivity index (χ0) is 13.0. The van der Waals surface area contributed by atoms with Crippen molar-refractivity contribution in [2.24, 2.45) is 12.8 Å². The number of carboxylic acid groups (broad SMARTS) is 1. The van der Waals surface area contributed by atoms with E-state index in [4.69, 9.17) is 10.8 Å². The van der Waals surface area contributed by atoms with Gasteiger partial charge in [-0.1, -0.05) is 0 Å². The number of aromatic nitrogens is 2. The highest BCUT2D eigenvalue weighted by molar-refractivity contribution is 5.85. The summed E-state index contributed by atoms with van der Waals surface area (Å²) >= 11 is 0. The second-order valence-electron chi connectivity index (χ2n) is 3.80. The molecule has 0 spiro atoms. The van der Waals surface area contributed by atoms with E-state index < -0.39 is 17.9 Å². The van der Waals surface area contributed by atoms with E-state index in [-0.39, 0.29) is 6.42 Å². The van der Waals surface area contributed by atoms with E-state index in [1.165, 1.54) is 0 Å². The van der Waals surface area contributed by atoms with E-state index >= 15 is 0 Å². The third kappa shape index (κ3) is 3.56. The third-order valence-electron chi connectivity index (χ3n) is 2.52. The van der Waals surface area contributed by atoms with Gasteiger partial charge in [-0.3, -0.25) is 14.3 Å². The molecular formula is C10H16N4O3. The van der Waals surface area contributed by atoms with Gasteiger partial charge in [0.15, 0.2) is 0 Å². The van der Waals surface area contributed by atoms with Crippen LogP contribution in [0.1, 0.15) is 17.7 Å². The fourth-order valence-corrected chi connectivity index (χ4v) is 1.31. The van der Waals surface area contributed by atoms with Crippen LogP contribution >= 0.6 is 0 Å². The number of nitrogens with zero attached hydrogens (tertiary/aromatic N) is 2. The molecule has 0 saturated carbocycles. The Morgan fingerprint density at radius 1 is 1.65 bits per heavy atom. The molecule has 4 N–H and O–H groups in total. The molecule has 7 nitrogen and oxygen atoms in total. The Hall–Kier alpha value is -1.89. The van der Waals surface area contributed by atoms with Crippen LogP contribution in [0.15, 0.2) is 6.20 Å². The van der Waals surface area contributed by atoms with Gasteiger partial charge >= 0.3 is 5.97 Å². The minimum atomic E-state index is -1.09. The zero-order valence-electron chi connectivity index (χ0n) is 9.80.